The summed E-state index contributed by atoms with van der Waals surface area (Å²) in [6.45, 7) is 4.07. The molecule has 4 nitrogen and oxygen atoms in total. The van der Waals surface area contributed by atoms with Crippen molar-refractivity contribution in [2.75, 3.05) is 0 Å². The van der Waals surface area contributed by atoms with E-state index in [-0.39, 0.29) is 17.4 Å². The van der Waals surface area contributed by atoms with Crippen molar-refractivity contribution in [2.24, 2.45) is 10.9 Å². The van der Waals surface area contributed by atoms with Gasteiger partial charge in [-0.1, -0.05) is 5.16 Å². The van der Waals surface area contributed by atoms with E-state index < -0.39 is 0 Å². The minimum Gasteiger partial charge on any atom is -0.409 e. The van der Waals surface area contributed by atoms with E-state index in [2.05, 4.69) is 17.4 Å². The second kappa shape index (κ2) is 3.31. The van der Waals surface area contributed by atoms with Crippen LogP contribution in [0.1, 0.15) is 33.1 Å². The number of rotatable bonds is 3. The van der Waals surface area contributed by atoms with Gasteiger partial charge < -0.3 is 16.3 Å². The van der Waals surface area contributed by atoms with E-state index in [0.717, 1.165) is 0 Å². The number of amidine groups is 1. The van der Waals surface area contributed by atoms with Crippen LogP contribution in [0.15, 0.2) is 5.16 Å². The zero-order valence-corrected chi connectivity index (χ0v) is 7.67. The lowest BCUT2D eigenvalue weighted by atomic mass is 9.78. The minimum absolute atomic E-state index is 0.0414. The SMILES string of the molecule is CC(NC1(C)CCC1)C(N)=NO. The van der Waals surface area contributed by atoms with Gasteiger partial charge in [0.05, 0.1) is 6.04 Å². The molecule has 0 bridgehead atoms. The molecule has 0 saturated heterocycles. The summed E-state index contributed by atoms with van der Waals surface area (Å²) in [5.41, 5.74) is 5.64. The maximum atomic E-state index is 8.42. The van der Waals surface area contributed by atoms with Gasteiger partial charge in [-0.15, -0.1) is 0 Å². The summed E-state index contributed by atoms with van der Waals surface area (Å²) in [5.74, 6) is 0.253. The van der Waals surface area contributed by atoms with Crippen molar-refractivity contribution in [1.82, 2.24) is 5.32 Å². The molecular formula is C8H17N3O. The van der Waals surface area contributed by atoms with Crippen LogP contribution in [0, 0.1) is 0 Å². The average molecular weight is 171 g/mol. The second-order valence-corrected chi connectivity index (χ2v) is 3.81. The Hall–Kier alpha value is -0.770. The first-order valence-electron chi connectivity index (χ1n) is 4.32. The number of nitrogens with one attached hydrogen (secondary N) is 1. The highest BCUT2D eigenvalue weighted by molar-refractivity contribution is 5.84. The zero-order valence-electron chi connectivity index (χ0n) is 7.67. The van der Waals surface area contributed by atoms with E-state index in [1.165, 1.54) is 19.3 Å². The molecule has 4 heteroatoms. The topological polar surface area (TPSA) is 70.6 Å². The molecule has 0 amide bonds. The van der Waals surface area contributed by atoms with Gasteiger partial charge in [0.2, 0.25) is 0 Å². The van der Waals surface area contributed by atoms with Gasteiger partial charge in [0, 0.05) is 5.54 Å². The smallest absolute Gasteiger partial charge is 0.156 e. The quantitative estimate of drug-likeness (QED) is 0.253. The molecule has 1 aliphatic carbocycles. The first-order chi connectivity index (χ1) is 5.57. The molecule has 0 aromatic heterocycles. The third-order valence-electron chi connectivity index (χ3n) is 2.58. The van der Waals surface area contributed by atoms with E-state index >= 15 is 0 Å². The molecule has 1 atom stereocenters. The summed E-state index contributed by atoms with van der Waals surface area (Å²) in [6.07, 6.45) is 3.62. The molecule has 1 rings (SSSR count). The van der Waals surface area contributed by atoms with Gasteiger partial charge in [-0.2, -0.15) is 0 Å². The Morgan fingerprint density at radius 1 is 1.67 bits per heavy atom. The predicted molar refractivity (Wildman–Crippen MR) is 48.3 cm³/mol. The van der Waals surface area contributed by atoms with Gasteiger partial charge >= 0.3 is 0 Å². The van der Waals surface area contributed by atoms with Crippen LogP contribution in [0.25, 0.3) is 0 Å². The summed E-state index contributed by atoms with van der Waals surface area (Å²) in [7, 11) is 0. The molecule has 4 N–H and O–H groups in total. The van der Waals surface area contributed by atoms with Crippen molar-refractivity contribution in [3.05, 3.63) is 0 Å². The van der Waals surface area contributed by atoms with Gasteiger partial charge in [0.1, 0.15) is 0 Å². The van der Waals surface area contributed by atoms with E-state index in [0.29, 0.717) is 0 Å². The summed E-state index contributed by atoms with van der Waals surface area (Å²) < 4.78 is 0. The predicted octanol–water partition coefficient (Wildman–Crippen LogP) is 0.654. The van der Waals surface area contributed by atoms with Crippen molar-refractivity contribution < 1.29 is 5.21 Å². The van der Waals surface area contributed by atoms with Crippen LogP contribution in [0.4, 0.5) is 0 Å². The largest absolute Gasteiger partial charge is 0.409 e. The van der Waals surface area contributed by atoms with Crippen LogP contribution in [0.5, 0.6) is 0 Å². The molecule has 70 valence electrons. The molecule has 1 aliphatic rings. The summed E-state index contributed by atoms with van der Waals surface area (Å²) in [5, 5.41) is 14.7. The summed E-state index contributed by atoms with van der Waals surface area (Å²) >= 11 is 0. The van der Waals surface area contributed by atoms with E-state index in [4.69, 9.17) is 10.9 Å². The summed E-state index contributed by atoms with van der Waals surface area (Å²) in [6, 6.07) is -0.0414. The van der Waals surface area contributed by atoms with Crippen molar-refractivity contribution in [3.63, 3.8) is 0 Å². The van der Waals surface area contributed by atoms with E-state index in [1.807, 2.05) is 6.92 Å². The first-order valence-corrected chi connectivity index (χ1v) is 4.32. The Morgan fingerprint density at radius 2 is 2.25 bits per heavy atom. The average Bonchev–Trinajstić information content (AvgIpc) is 2.00. The normalized spacial score (nSPS) is 24.7. The Morgan fingerprint density at radius 3 is 2.58 bits per heavy atom. The number of oxime groups is 1. The number of hydrogen-bond donors (Lipinski definition) is 3. The fourth-order valence-corrected chi connectivity index (χ4v) is 1.53. The van der Waals surface area contributed by atoms with Crippen LogP contribution in [0.2, 0.25) is 0 Å². The summed E-state index contributed by atoms with van der Waals surface area (Å²) in [4.78, 5) is 0. The van der Waals surface area contributed by atoms with E-state index in [9.17, 15) is 0 Å². The fourth-order valence-electron chi connectivity index (χ4n) is 1.53. The van der Waals surface area contributed by atoms with Crippen molar-refractivity contribution in [1.29, 1.82) is 0 Å². The molecule has 0 spiro atoms. The minimum atomic E-state index is -0.0414. The van der Waals surface area contributed by atoms with Crippen LogP contribution in [0.3, 0.4) is 0 Å². The van der Waals surface area contributed by atoms with Gasteiger partial charge in [-0.25, -0.2) is 0 Å². The number of nitrogens with zero attached hydrogens (tertiary/aromatic N) is 1. The molecule has 1 unspecified atom stereocenters. The molecule has 1 saturated carbocycles. The van der Waals surface area contributed by atoms with Crippen LogP contribution in [-0.2, 0) is 0 Å². The Balaban J connectivity index is 2.40. The zero-order chi connectivity index (χ0) is 9.19. The van der Waals surface area contributed by atoms with Gasteiger partial charge in [-0.05, 0) is 33.1 Å². The molecule has 0 aliphatic heterocycles. The van der Waals surface area contributed by atoms with Gasteiger partial charge in [0.25, 0.3) is 0 Å². The third-order valence-corrected chi connectivity index (χ3v) is 2.58. The van der Waals surface area contributed by atoms with Crippen molar-refractivity contribution in [3.8, 4) is 0 Å². The highest BCUT2D eigenvalue weighted by atomic mass is 16.4. The van der Waals surface area contributed by atoms with Crippen LogP contribution < -0.4 is 11.1 Å². The monoisotopic (exact) mass is 171 g/mol. The third kappa shape index (κ3) is 1.88. The van der Waals surface area contributed by atoms with Crippen LogP contribution in [-0.4, -0.2) is 22.6 Å². The number of hydrogen-bond acceptors (Lipinski definition) is 3. The Labute approximate surface area is 72.8 Å². The number of nitrogens with two attached hydrogens (primary N) is 1. The standard InChI is InChI=1S/C8H17N3O/c1-6(7(9)11-12)10-8(2)4-3-5-8/h6,10,12H,3-5H2,1-2H3,(H2,9,11). The molecule has 0 aromatic rings. The molecule has 1 fully saturated rings. The van der Waals surface area contributed by atoms with Crippen molar-refractivity contribution in [2.45, 2.75) is 44.7 Å². The van der Waals surface area contributed by atoms with Gasteiger partial charge in [0.15, 0.2) is 5.84 Å². The molecule has 12 heavy (non-hydrogen) atoms. The molecule has 0 aromatic carbocycles. The maximum absolute atomic E-state index is 8.42. The fraction of sp³-hybridized carbons (Fsp3) is 0.875. The highest BCUT2D eigenvalue weighted by Gasteiger charge is 2.33. The molecule has 0 heterocycles. The lowest BCUT2D eigenvalue weighted by molar-refractivity contribution is 0.201. The van der Waals surface area contributed by atoms with Gasteiger partial charge in [-0.3, -0.25) is 0 Å². The lowest BCUT2D eigenvalue weighted by Crippen LogP contribution is -2.55. The molecule has 0 radical (unpaired) electrons. The van der Waals surface area contributed by atoms with E-state index in [1.54, 1.807) is 0 Å². The Kier molecular flexibility index (Phi) is 2.57. The molecular weight excluding hydrogens is 154 g/mol. The maximum Gasteiger partial charge on any atom is 0.156 e. The van der Waals surface area contributed by atoms with Crippen molar-refractivity contribution >= 4 is 5.84 Å². The first kappa shape index (κ1) is 9.32. The lowest BCUT2D eigenvalue weighted by Gasteiger charge is -2.41. The Bertz CT molecular complexity index is 187. The second-order valence-electron chi connectivity index (χ2n) is 3.81. The highest BCUT2D eigenvalue weighted by Crippen LogP contribution is 2.31. The van der Waals surface area contributed by atoms with Crippen LogP contribution >= 0.6 is 0 Å².